The number of hydrogen-bond donors (Lipinski definition) is 2. The smallest absolute Gasteiger partial charge is 0.242 e. The van der Waals surface area contributed by atoms with Crippen molar-refractivity contribution < 1.29 is 22.7 Å². The van der Waals surface area contributed by atoms with Crippen LogP contribution in [0.2, 0.25) is 0 Å². The van der Waals surface area contributed by atoms with Crippen LogP contribution in [0.1, 0.15) is 29.2 Å². The highest BCUT2D eigenvalue weighted by Gasteiger charge is 2.23. The Balaban J connectivity index is 1.75. The number of nitrogens with zero attached hydrogens (tertiary/aromatic N) is 1. The summed E-state index contributed by atoms with van der Waals surface area (Å²) in [7, 11) is -0.807. The molecule has 3 rings (SSSR count). The molecular weight excluding hydrogens is 454 g/mol. The summed E-state index contributed by atoms with van der Waals surface area (Å²) in [6.45, 7) is 1.88. The predicted octanol–water partition coefficient (Wildman–Crippen LogP) is 3.57. The van der Waals surface area contributed by atoms with E-state index in [1.807, 2.05) is 13.0 Å². The molecule has 0 aliphatic heterocycles. The normalized spacial score (nSPS) is 12.3. The summed E-state index contributed by atoms with van der Waals surface area (Å²) in [5, 5.41) is 4.00. The number of amides is 1. The van der Waals surface area contributed by atoms with Crippen molar-refractivity contribution in [1.29, 1.82) is 0 Å². The number of hydrogen-bond acceptors (Lipinski definition) is 6. The van der Waals surface area contributed by atoms with Crippen LogP contribution in [0, 0.1) is 6.92 Å². The van der Waals surface area contributed by atoms with Gasteiger partial charge in [0.15, 0.2) is 11.5 Å². The van der Waals surface area contributed by atoms with Gasteiger partial charge in [-0.1, -0.05) is 54.1 Å². The topological polar surface area (TPSA) is 106 Å². The van der Waals surface area contributed by atoms with E-state index in [1.54, 1.807) is 54.6 Å². The van der Waals surface area contributed by atoms with Crippen LogP contribution in [0.15, 0.2) is 82.8 Å². The van der Waals surface area contributed by atoms with Crippen molar-refractivity contribution in [2.75, 3.05) is 14.2 Å². The lowest BCUT2D eigenvalue weighted by Crippen LogP contribution is -2.32. The number of ether oxygens (including phenoxy) is 2. The SMILES string of the molecule is COc1cccc(/C=N\NC(=O)C[C@H](NS(=O)(=O)c2ccc(C)cc2)c2ccccc2)c1OC. The molecule has 0 spiro atoms. The van der Waals surface area contributed by atoms with Gasteiger partial charge < -0.3 is 9.47 Å². The molecule has 0 saturated heterocycles. The number of para-hydroxylation sites is 1. The summed E-state index contributed by atoms with van der Waals surface area (Å²) in [4.78, 5) is 12.8. The monoisotopic (exact) mass is 481 g/mol. The van der Waals surface area contributed by atoms with Crippen molar-refractivity contribution in [3.8, 4) is 11.5 Å². The van der Waals surface area contributed by atoms with E-state index in [0.717, 1.165) is 5.56 Å². The third-order valence-electron chi connectivity index (χ3n) is 5.05. The number of rotatable bonds is 10. The van der Waals surface area contributed by atoms with Gasteiger partial charge in [-0.25, -0.2) is 18.6 Å². The van der Waals surface area contributed by atoms with Gasteiger partial charge in [-0.05, 0) is 36.8 Å². The standard InChI is InChI=1S/C25H27N3O5S/c1-18-12-14-21(15-13-18)34(30,31)28-22(19-8-5-4-6-9-19)16-24(29)27-26-17-20-10-7-11-23(32-2)25(20)33-3/h4-15,17,22,28H,16H2,1-3H3,(H,27,29)/b26-17-/t22-/m0/s1. The average Bonchev–Trinajstić information content (AvgIpc) is 2.84. The highest BCUT2D eigenvalue weighted by atomic mass is 32.2. The molecule has 34 heavy (non-hydrogen) atoms. The van der Waals surface area contributed by atoms with E-state index in [2.05, 4.69) is 15.2 Å². The summed E-state index contributed by atoms with van der Waals surface area (Å²) in [5.41, 5.74) is 4.67. The first-order valence-corrected chi connectivity index (χ1v) is 12.0. The van der Waals surface area contributed by atoms with E-state index in [1.165, 1.54) is 32.6 Å². The number of benzene rings is 3. The van der Waals surface area contributed by atoms with Gasteiger partial charge in [0.25, 0.3) is 0 Å². The van der Waals surface area contributed by atoms with Gasteiger partial charge in [0.05, 0.1) is 31.4 Å². The Labute approximate surface area is 199 Å². The van der Waals surface area contributed by atoms with Gasteiger partial charge in [-0.3, -0.25) is 4.79 Å². The van der Waals surface area contributed by atoms with Gasteiger partial charge >= 0.3 is 0 Å². The molecule has 178 valence electrons. The molecule has 0 aliphatic rings. The third-order valence-corrected chi connectivity index (χ3v) is 6.53. The minimum atomic E-state index is -3.85. The molecule has 0 aromatic heterocycles. The number of hydrazone groups is 1. The zero-order chi connectivity index (χ0) is 24.6. The van der Waals surface area contributed by atoms with Gasteiger partial charge in [-0.2, -0.15) is 5.10 Å². The summed E-state index contributed by atoms with van der Waals surface area (Å²) in [5.74, 6) is 0.557. The second-order valence-corrected chi connectivity index (χ2v) is 9.19. The van der Waals surface area contributed by atoms with Crippen molar-refractivity contribution in [2.24, 2.45) is 5.10 Å². The van der Waals surface area contributed by atoms with Crippen LogP contribution in [-0.2, 0) is 14.8 Å². The van der Waals surface area contributed by atoms with Crippen LogP contribution in [0.3, 0.4) is 0 Å². The molecule has 3 aromatic rings. The first-order valence-electron chi connectivity index (χ1n) is 10.5. The number of methoxy groups -OCH3 is 2. The lowest BCUT2D eigenvalue weighted by Gasteiger charge is -2.18. The summed E-state index contributed by atoms with van der Waals surface area (Å²) in [6, 6.07) is 19.9. The molecule has 9 heteroatoms. The van der Waals surface area contributed by atoms with E-state index < -0.39 is 22.0 Å². The number of nitrogens with one attached hydrogen (secondary N) is 2. The Hall–Kier alpha value is -3.69. The lowest BCUT2D eigenvalue weighted by atomic mass is 10.0. The Morgan fingerprint density at radius 3 is 2.32 bits per heavy atom. The summed E-state index contributed by atoms with van der Waals surface area (Å²) >= 11 is 0. The quantitative estimate of drug-likeness (QED) is 0.340. The average molecular weight is 482 g/mol. The first-order chi connectivity index (χ1) is 16.3. The maximum atomic E-state index is 12.9. The van der Waals surface area contributed by atoms with Crippen LogP contribution in [0.25, 0.3) is 0 Å². The fourth-order valence-electron chi connectivity index (χ4n) is 3.30. The van der Waals surface area contributed by atoms with E-state index in [-0.39, 0.29) is 11.3 Å². The Kier molecular flexibility index (Phi) is 8.39. The van der Waals surface area contributed by atoms with Gasteiger partial charge in [-0.15, -0.1) is 0 Å². The molecule has 1 atom stereocenters. The molecule has 8 nitrogen and oxygen atoms in total. The lowest BCUT2D eigenvalue weighted by molar-refractivity contribution is -0.121. The molecule has 0 fully saturated rings. The molecule has 0 radical (unpaired) electrons. The zero-order valence-electron chi connectivity index (χ0n) is 19.2. The molecule has 3 aromatic carbocycles. The Bertz CT molecular complexity index is 1240. The number of sulfonamides is 1. The second kappa shape index (κ2) is 11.4. The molecule has 0 bridgehead atoms. The molecule has 0 saturated carbocycles. The highest BCUT2D eigenvalue weighted by Crippen LogP contribution is 2.29. The van der Waals surface area contributed by atoms with Crippen LogP contribution >= 0.6 is 0 Å². The Morgan fingerprint density at radius 2 is 1.68 bits per heavy atom. The van der Waals surface area contributed by atoms with Gasteiger partial charge in [0.2, 0.25) is 15.9 Å². The minimum Gasteiger partial charge on any atom is -0.493 e. The minimum absolute atomic E-state index is 0.127. The fraction of sp³-hybridized carbons (Fsp3) is 0.200. The van der Waals surface area contributed by atoms with E-state index >= 15 is 0 Å². The van der Waals surface area contributed by atoms with Crippen molar-refractivity contribution in [3.05, 3.63) is 89.5 Å². The molecule has 0 aliphatic carbocycles. The van der Waals surface area contributed by atoms with E-state index in [9.17, 15) is 13.2 Å². The molecule has 2 N–H and O–H groups in total. The second-order valence-electron chi connectivity index (χ2n) is 7.48. The maximum Gasteiger partial charge on any atom is 0.242 e. The highest BCUT2D eigenvalue weighted by molar-refractivity contribution is 7.89. The van der Waals surface area contributed by atoms with Gasteiger partial charge in [0, 0.05) is 12.0 Å². The fourth-order valence-corrected chi connectivity index (χ4v) is 4.53. The predicted molar refractivity (Wildman–Crippen MR) is 131 cm³/mol. The molecule has 1 amide bonds. The third kappa shape index (κ3) is 6.43. The number of carbonyl (C=O) groups excluding carboxylic acids is 1. The largest absolute Gasteiger partial charge is 0.493 e. The van der Waals surface area contributed by atoms with Crippen molar-refractivity contribution in [1.82, 2.24) is 10.1 Å². The zero-order valence-corrected chi connectivity index (χ0v) is 20.0. The van der Waals surface area contributed by atoms with Gasteiger partial charge in [0.1, 0.15) is 0 Å². The van der Waals surface area contributed by atoms with Crippen LogP contribution in [0.5, 0.6) is 11.5 Å². The molecular formula is C25H27N3O5S. The van der Waals surface area contributed by atoms with E-state index in [4.69, 9.17) is 9.47 Å². The van der Waals surface area contributed by atoms with Crippen molar-refractivity contribution in [2.45, 2.75) is 24.3 Å². The van der Waals surface area contributed by atoms with Crippen LogP contribution < -0.4 is 19.6 Å². The summed E-state index contributed by atoms with van der Waals surface area (Å²) in [6.07, 6.45) is 1.29. The first kappa shape index (κ1) is 24.9. The number of carbonyl (C=O) groups is 1. The van der Waals surface area contributed by atoms with Crippen LogP contribution in [0.4, 0.5) is 0 Å². The van der Waals surface area contributed by atoms with Crippen LogP contribution in [-0.4, -0.2) is 34.8 Å². The molecule has 0 unspecified atom stereocenters. The number of aryl methyl sites for hydroxylation is 1. The summed E-state index contributed by atoms with van der Waals surface area (Å²) < 4.78 is 39.1. The maximum absolute atomic E-state index is 12.9. The van der Waals surface area contributed by atoms with Crippen molar-refractivity contribution in [3.63, 3.8) is 0 Å². The van der Waals surface area contributed by atoms with Crippen molar-refractivity contribution >= 4 is 22.1 Å². The molecule has 0 heterocycles. The van der Waals surface area contributed by atoms with E-state index in [0.29, 0.717) is 22.6 Å². The Morgan fingerprint density at radius 1 is 0.971 bits per heavy atom.